The summed E-state index contributed by atoms with van der Waals surface area (Å²) in [4.78, 5) is 36.2. The van der Waals surface area contributed by atoms with Crippen LogP contribution in [0.4, 0.5) is 18.9 Å². The van der Waals surface area contributed by atoms with E-state index < -0.39 is 29.9 Å². The van der Waals surface area contributed by atoms with Gasteiger partial charge in [-0.3, -0.25) is 14.4 Å². The molecule has 0 saturated carbocycles. The van der Waals surface area contributed by atoms with Gasteiger partial charge >= 0.3 is 12.1 Å². The van der Waals surface area contributed by atoms with E-state index in [1.165, 1.54) is 6.07 Å². The normalized spacial score (nSPS) is 17.9. The first-order chi connectivity index (χ1) is 12.8. The molecule has 0 unspecified atom stereocenters. The Balaban J connectivity index is 1.80. The Labute approximate surface area is 151 Å². The molecule has 3 amide bonds. The number of benzene rings is 2. The number of hydrogen-bond donors (Lipinski definition) is 1. The molecule has 2 aromatic carbocycles. The number of hydrogen-bond acceptors (Lipinski definition) is 3. The molecule has 0 fully saturated rings. The lowest BCUT2D eigenvalue weighted by molar-refractivity contribution is -0.174. The number of rotatable bonds is 2. The Morgan fingerprint density at radius 2 is 1.56 bits per heavy atom. The topological polar surface area (TPSA) is 66.5 Å². The molecule has 0 spiro atoms. The quantitative estimate of drug-likeness (QED) is 0.825. The van der Waals surface area contributed by atoms with Crippen molar-refractivity contribution in [1.29, 1.82) is 0 Å². The lowest BCUT2D eigenvalue weighted by Crippen LogP contribution is -2.39. The highest BCUT2D eigenvalue weighted by Gasteiger charge is 2.42. The predicted molar refractivity (Wildman–Crippen MR) is 89.6 cm³/mol. The van der Waals surface area contributed by atoms with E-state index in [0.717, 1.165) is 17.1 Å². The molecule has 4 rings (SSSR count). The van der Waals surface area contributed by atoms with Gasteiger partial charge in [0, 0.05) is 12.2 Å². The van der Waals surface area contributed by atoms with Crippen LogP contribution in [0.5, 0.6) is 0 Å². The SMILES string of the molecule is O=C1C=CC(=O)N1c1ccc2c(c1)[C@@H](NC(=O)C(F)(F)F)c1ccccc1-2. The van der Waals surface area contributed by atoms with E-state index in [1.807, 2.05) is 5.32 Å². The molecule has 1 atom stereocenters. The van der Waals surface area contributed by atoms with Gasteiger partial charge in [-0.2, -0.15) is 13.2 Å². The van der Waals surface area contributed by atoms with Crippen LogP contribution in [0.2, 0.25) is 0 Å². The molecule has 27 heavy (non-hydrogen) atoms. The molecule has 5 nitrogen and oxygen atoms in total. The van der Waals surface area contributed by atoms with Gasteiger partial charge in [0.05, 0.1) is 11.7 Å². The Bertz CT molecular complexity index is 1010. The van der Waals surface area contributed by atoms with Crippen LogP contribution < -0.4 is 10.2 Å². The molecule has 0 radical (unpaired) electrons. The molecule has 0 saturated heterocycles. The summed E-state index contributed by atoms with van der Waals surface area (Å²) in [5, 5.41) is 2.00. The molecule has 1 aliphatic heterocycles. The smallest absolute Gasteiger partial charge is 0.337 e. The van der Waals surface area contributed by atoms with E-state index in [-0.39, 0.29) is 5.69 Å². The third-order valence-electron chi connectivity index (χ3n) is 4.51. The highest BCUT2D eigenvalue weighted by atomic mass is 19.4. The zero-order chi connectivity index (χ0) is 19.3. The number of carbonyl (C=O) groups is 3. The molecule has 136 valence electrons. The standard InChI is InChI=1S/C19H11F3N2O3/c20-19(21,22)18(27)23-17-13-4-2-1-3-11(13)12-6-5-10(9-14(12)17)24-15(25)7-8-16(24)26/h1-9,17H,(H,23,27)/t17-/m0/s1. The second kappa shape index (κ2) is 5.80. The van der Waals surface area contributed by atoms with Gasteiger partial charge in [-0.15, -0.1) is 0 Å². The van der Waals surface area contributed by atoms with Crippen molar-refractivity contribution in [2.45, 2.75) is 12.2 Å². The summed E-state index contributed by atoms with van der Waals surface area (Å²) in [6, 6.07) is 10.4. The van der Waals surface area contributed by atoms with Crippen LogP contribution in [0.3, 0.4) is 0 Å². The van der Waals surface area contributed by atoms with E-state index in [9.17, 15) is 27.6 Å². The maximum Gasteiger partial charge on any atom is 0.471 e. The average molecular weight is 372 g/mol. The fourth-order valence-corrected chi connectivity index (χ4v) is 3.36. The third kappa shape index (κ3) is 2.69. The van der Waals surface area contributed by atoms with E-state index in [2.05, 4.69) is 0 Å². The number of amides is 3. The van der Waals surface area contributed by atoms with E-state index in [4.69, 9.17) is 0 Å². The van der Waals surface area contributed by atoms with Crippen molar-refractivity contribution < 1.29 is 27.6 Å². The number of nitrogens with one attached hydrogen (secondary N) is 1. The molecular weight excluding hydrogens is 361 g/mol. The van der Waals surface area contributed by atoms with E-state index in [0.29, 0.717) is 22.3 Å². The van der Waals surface area contributed by atoms with Crippen LogP contribution in [0, 0.1) is 0 Å². The highest BCUT2D eigenvalue weighted by Crippen LogP contribution is 2.45. The van der Waals surface area contributed by atoms with Gasteiger partial charge in [-0.05, 0) is 34.4 Å². The molecule has 2 aliphatic rings. The first-order valence-corrected chi connectivity index (χ1v) is 7.94. The predicted octanol–water partition coefficient (Wildman–Crippen LogP) is 2.86. The fourth-order valence-electron chi connectivity index (χ4n) is 3.36. The van der Waals surface area contributed by atoms with Crippen LogP contribution in [-0.2, 0) is 14.4 Å². The van der Waals surface area contributed by atoms with Gasteiger partial charge in [0.1, 0.15) is 0 Å². The largest absolute Gasteiger partial charge is 0.471 e. The van der Waals surface area contributed by atoms with Crippen molar-refractivity contribution in [3.63, 3.8) is 0 Å². The maximum atomic E-state index is 12.8. The Morgan fingerprint density at radius 3 is 2.22 bits per heavy atom. The number of halogens is 3. The average Bonchev–Trinajstić information content (AvgIpc) is 3.11. The summed E-state index contributed by atoms with van der Waals surface area (Å²) in [6.07, 6.45) is -2.79. The second-order valence-corrected chi connectivity index (χ2v) is 6.11. The van der Waals surface area contributed by atoms with Crippen LogP contribution in [0.15, 0.2) is 54.6 Å². The highest BCUT2D eigenvalue weighted by molar-refractivity contribution is 6.28. The Kier molecular flexibility index (Phi) is 3.66. The van der Waals surface area contributed by atoms with Crippen LogP contribution in [0.25, 0.3) is 11.1 Å². The van der Waals surface area contributed by atoms with Crippen LogP contribution >= 0.6 is 0 Å². The second-order valence-electron chi connectivity index (χ2n) is 6.11. The third-order valence-corrected chi connectivity index (χ3v) is 4.51. The summed E-state index contributed by atoms with van der Waals surface area (Å²) in [5.41, 5.74) is 2.45. The van der Waals surface area contributed by atoms with Gasteiger partial charge < -0.3 is 5.32 Å². The summed E-state index contributed by atoms with van der Waals surface area (Å²) >= 11 is 0. The number of nitrogens with zero attached hydrogens (tertiary/aromatic N) is 1. The van der Waals surface area contributed by atoms with E-state index in [1.54, 1.807) is 36.4 Å². The lowest BCUT2D eigenvalue weighted by Gasteiger charge is -2.19. The summed E-state index contributed by atoms with van der Waals surface area (Å²) < 4.78 is 38.3. The summed E-state index contributed by atoms with van der Waals surface area (Å²) in [7, 11) is 0. The van der Waals surface area contributed by atoms with Crippen molar-refractivity contribution in [3.8, 4) is 11.1 Å². The monoisotopic (exact) mass is 372 g/mol. The fraction of sp³-hybridized carbons (Fsp3) is 0.105. The van der Waals surface area contributed by atoms with Crippen molar-refractivity contribution in [3.05, 3.63) is 65.7 Å². The molecule has 0 aromatic heterocycles. The van der Waals surface area contributed by atoms with Crippen molar-refractivity contribution in [1.82, 2.24) is 5.32 Å². The minimum absolute atomic E-state index is 0.229. The first-order valence-electron chi connectivity index (χ1n) is 7.94. The molecule has 1 heterocycles. The van der Waals surface area contributed by atoms with Gasteiger partial charge in [0.2, 0.25) is 0 Å². The molecule has 1 aliphatic carbocycles. The molecule has 2 aromatic rings. The first kappa shape index (κ1) is 17.0. The van der Waals surface area contributed by atoms with E-state index >= 15 is 0 Å². The number of imide groups is 1. The summed E-state index contributed by atoms with van der Waals surface area (Å²) in [6.45, 7) is 0. The molecule has 8 heteroatoms. The minimum Gasteiger partial charge on any atom is -0.337 e. The minimum atomic E-state index is -5.03. The summed E-state index contributed by atoms with van der Waals surface area (Å²) in [5.74, 6) is -3.13. The van der Waals surface area contributed by atoms with Crippen molar-refractivity contribution in [2.75, 3.05) is 4.90 Å². The molecule has 1 N–H and O–H groups in total. The molecular formula is C19H11F3N2O3. The van der Waals surface area contributed by atoms with Crippen molar-refractivity contribution >= 4 is 23.4 Å². The van der Waals surface area contributed by atoms with Gasteiger partial charge in [0.15, 0.2) is 0 Å². The number of fused-ring (bicyclic) bond motifs is 3. The van der Waals surface area contributed by atoms with Gasteiger partial charge in [0.25, 0.3) is 11.8 Å². The Hall–Kier alpha value is -3.42. The lowest BCUT2D eigenvalue weighted by atomic mass is 10.0. The molecule has 0 bridgehead atoms. The maximum absolute atomic E-state index is 12.8. The van der Waals surface area contributed by atoms with Crippen LogP contribution in [0.1, 0.15) is 17.2 Å². The van der Waals surface area contributed by atoms with Gasteiger partial charge in [-0.25, -0.2) is 4.90 Å². The zero-order valence-corrected chi connectivity index (χ0v) is 13.6. The number of anilines is 1. The number of alkyl halides is 3. The van der Waals surface area contributed by atoms with Crippen LogP contribution in [-0.4, -0.2) is 23.9 Å². The van der Waals surface area contributed by atoms with Crippen molar-refractivity contribution in [2.24, 2.45) is 0 Å². The zero-order valence-electron chi connectivity index (χ0n) is 13.6. The number of carbonyl (C=O) groups excluding carboxylic acids is 3. The van der Waals surface area contributed by atoms with Gasteiger partial charge in [-0.1, -0.05) is 30.3 Å². The Morgan fingerprint density at radius 1 is 0.926 bits per heavy atom.